The number of carbonyl (C=O) groups excluding carboxylic acids is 2. The molecule has 2 amide bonds. The minimum Gasteiger partial charge on any atom is -0.346 e. The number of anilines is 1. The number of para-hydroxylation sites is 1. The molecular formula is C23H27N5O2S. The molecule has 8 heteroatoms. The number of nitrogens with one attached hydrogen (secondary N) is 2. The zero-order valence-electron chi connectivity index (χ0n) is 18.2. The van der Waals surface area contributed by atoms with Gasteiger partial charge in [0.15, 0.2) is 5.16 Å². The Hall–Kier alpha value is -3.13. The molecule has 0 bridgehead atoms. The first-order chi connectivity index (χ1) is 14.9. The summed E-state index contributed by atoms with van der Waals surface area (Å²) >= 11 is 1.28. The fourth-order valence-electron chi connectivity index (χ4n) is 3.45. The Kier molecular flexibility index (Phi) is 7.46. The van der Waals surface area contributed by atoms with E-state index in [0.717, 1.165) is 34.5 Å². The molecule has 7 nitrogen and oxygen atoms in total. The summed E-state index contributed by atoms with van der Waals surface area (Å²) in [7, 11) is 0. The van der Waals surface area contributed by atoms with E-state index in [0.29, 0.717) is 5.16 Å². The molecule has 1 aromatic heterocycles. The van der Waals surface area contributed by atoms with Crippen LogP contribution in [0.4, 0.5) is 5.69 Å². The molecule has 0 fully saturated rings. The zero-order valence-corrected chi connectivity index (χ0v) is 19.0. The third-order valence-electron chi connectivity index (χ3n) is 4.87. The molecule has 0 atom stereocenters. The monoisotopic (exact) mass is 437 g/mol. The molecule has 2 N–H and O–H groups in total. The maximum absolute atomic E-state index is 12.3. The van der Waals surface area contributed by atoms with E-state index < -0.39 is 0 Å². The Morgan fingerprint density at radius 3 is 2.48 bits per heavy atom. The second kappa shape index (κ2) is 10.3. The smallest absolute Gasteiger partial charge is 0.243 e. The van der Waals surface area contributed by atoms with Gasteiger partial charge in [-0.3, -0.25) is 14.2 Å². The van der Waals surface area contributed by atoms with Gasteiger partial charge in [0, 0.05) is 5.69 Å². The summed E-state index contributed by atoms with van der Waals surface area (Å²) in [6.07, 6.45) is 2.53. The average molecular weight is 438 g/mol. The van der Waals surface area contributed by atoms with Crippen LogP contribution in [0.15, 0.2) is 47.9 Å². The Labute approximate surface area is 186 Å². The summed E-state index contributed by atoms with van der Waals surface area (Å²) in [6.45, 7) is 7.94. The van der Waals surface area contributed by atoms with Gasteiger partial charge in [-0.1, -0.05) is 54.6 Å². The molecule has 0 aliphatic rings. The van der Waals surface area contributed by atoms with Gasteiger partial charge in [0.05, 0.1) is 18.0 Å². The molecular weight excluding hydrogens is 410 g/mol. The molecule has 1 heterocycles. The molecule has 0 radical (unpaired) electrons. The van der Waals surface area contributed by atoms with Crippen molar-refractivity contribution < 1.29 is 9.59 Å². The largest absolute Gasteiger partial charge is 0.346 e. The number of carbonyl (C=O) groups is 2. The molecule has 31 heavy (non-hydrogen) atoms. The summed E-state index contributed by atoms with van der Waals surface area (Å²) < 4.78 is 1.88. The van der Waals surface area contributed by atoms with Gasteiger partial charge in [-0.15, -0.1) is 10.2 Å². The van der Waals surface area contributed by atoms with Crippen molar-refractivity contribution in [3.63, 3.8) is 0 Å². The molecule has 0 spiro atoms. The first-order valence-corrected chi connectivity index (χ1v) is 11.1. The van der Waals surface area contributed by atoms with Gasteiger partial charge in [0.25, 0.3) is 0 Å². The van der Waals surface area contributed by atoms with Crippen LogP contribution in [0.25, 0.3) is 5.69 Å². The lowest BCUT2D eigenvalue weighted by molar-refractivity contribution is -0.122. The quantitative estimate of drug-likeness (QED) is 0.526. The van der Waals surface area contributed by atoms with E-state index in [4.69, 9.17) is 0 Å². The number of hydrogen-bond donors (Lipinski definition) is 2. The Morgan fingerprint density at radius 2 is 1.77 bits per heavy atom. The summed E-state index contributed by atoms with van der Waals surface area (Å²) in [5, 5.41) is 14.3. The third-order valence-corrected chi connectivity index (χ3v) is 5.81. The number of hydrogen-bond acceptors (Lipinski definition) is 5. The Morgan fingerprint density at radius 1 is 1.06 bits per heavy atom. The van der Waals surface area contributed by atoms with Crippen molar-refractivity contribution in [3.05, 3.63) is 65.0 Å². The van der Waals surface area contributed by atoms with Crippen LogP contribution in [-0.4, -0.2) is 38.9 Å². The molecule has 0 aliphatic heterocycles. The molecule has 162 valence electrons. The lowest BCUT2D eigenvalue weighted by atomic mass is 10.1. The van der Waals surface area contributed by atoms with E-state index in [1.807, 2.05) is 55.7 Å². The van der Waals surface area contributed by atoms with Gasteiger partial charge in [-0.05, 0) is 49.9 Å². The highest BCUT2D eigenvalue weighted by Crippen LogP contribution is 2.23. The number of aryl methyl sites for hydroxylation is 4. The zero-order chi connectivity index (χ0) is 22.4. The fraction of sp³-hybridized carbons (Fsp3) is 0.304. The van der Waals surface area contributed by atoms with Crippen molar-refractivity contribution in [2.45, 2.75) is 39.3 Å². The minimum atomic E-state index is -0.256. The molecule has 3 rings (SSSR count). The van der Waals surface area contributed by atoms with Crippen LogP contribution in [0.2, 0.25) is 0 Å². The summed E-state index contributed by atoms with van der Waals surface area (Å²) in [5.74, 6) is -0.354. The summed E-state index contributed by atoms with van der Waals surface area (Å²) in [4.78, 5) is 24.6. The number of thioether (sulfide) groups is 1. The normalized spacial score (nSPS) is 10.7. The number of rotatable bonds is 8. The number of aromatic nitrogens is 3. The maximum Gasteiger partial charge on any atom is 0.243 e. The van der Waals surface area contributed by atoms with E-state index in [1.165, 1.54) is 17.3 Å². The van der Waals surface area contributed by atoms with Gasteiger partial charge >= 0.3 is 0 Å². The van der Waals surface area contributed by atoms with Gasteiger partial charge in [0.1, 0.15) is 6.33 Å². The highest BCUT2D eigenvalue weighted by Gasteiger charge is 2.13. The molecule has 0 aliphatic carbocycles. The molecule has 0 saturated heterocycles. The van der Waals surface area contributed by atoms with Crippen molar-refractivity contribution in [2.75, 3.05) is 17.6 Å². The van der Waals surface area contributed by atoms with Crippen LogP contribution in [0.1, 0.15) is 29.2 Å². The minimum absolute atomic E-state index is 0.0858. The van der Waals surface area contributed by atoms with E-state index in [-0.39, 0.29) is 24.1 Å². The van der Waals surface area contributed by atoms with Crippen LogP contribution < -0.4 is 10.6 Å². The van der Waals surface area contributed by atoms with Gasteiger partial charge < -0.3 is 10.6 Å². The predicted octanol–water partition coefficient (Wildman–Crippen LogP) is 3.60. The average Bonchev–Trinajstić information content (AvgIpc) is 3.21. The fourth-order valence-corrected chi connectivity index (χ4v) is 4.21. The van der Waals surface area contributed by atoms with Crippen LogP contribution in [0.3, 0.4) is 0 Å². The Balaban J connectivity index is 1.54. The van der Waals surface area contributed by atoms with Gasteiger partial charge in [-0.25, -0.2) is 0 Å². The molecule has 2 aromatic carbocycles. The Bertz CT molecular complexity index is 1070. The topological polar surface area (TPSA) is 88.9 Å². The number of benzene rings is 2. The second-order valence-electron chi connectivity index (χ2n) is 7.35. The predicted molar refractivity (Wildman–Crippen MR) is 124 cm³/mol. The standard InChI is InChI=1S/C23H27N5O2S/c1-5-18-8-6-7-9-19(18)28-14-25-27-23(28)31-13-21(30)24-12-20(29)26-22-16(3)10-15(2)11-17(22)4/h6-11,14H,5,12-13H2,1-4H3,(H,24,30)(H,26,29). The first kappa shape index (κ1) is 22.6. The SMILES string of the molecule is CCc1ccccc1-n1cnnc1SCC(=O)NCC(=O)Nc1c(C)cc(C)cc1C. The van der Waals surface area contributed by atoms with Crippen LogP contribution in [0, 0.1) is 20.8 Å². The van der Waals surface area contributed by atoms with Crippen LogP contribution in [-0.2, 0) is 16.0 Å². The third kappa shape index (κ3) is 5.73. The molecule has 0 unspecified atom stereocenters. The molecule has 3 aromatic rings. The maximum atomic E-state index is 12.3. The van der Waals surface area contributed by atoms with Crippen LogP contribution in [0.5, 0.6) is 0 Å². The van der Waals surface area contributed by atoms with Crippen molar-refractivity contribution in [1.29, 1.82) is 0 Å². The van der Waals surface area contributed by atoms with E-state index >= 15 is 0 Å². The van der Waals surface area contributed by atoms with Crippen LogP contribution >= 0.6 is 11.8 Å². The highest BCUT2D eigenvalue weighted by atomic mass is 32.2. The summed E-state index contributed by atoms with van der Waals surface area (Å²) in [5.41, 5.74) is 6.11. The summed E-state index contributed by atoms with van der Waals surface area (Å²) in [6, 6.07) is 12.1. The van der Waals surface area contributed by atoms with Crippen molar-refractivity contribution in [1.82, 2.24) is 20.1 Å². The van der Waals surface area contributed by atoms with Crippen molar-refractivity contribution >= 4 is 29.3 Å². The van der Waals surface area contributed by atoms with Gasteiger partial charge in [0.2, 0.25) is 11.8 Å². The lowest BCUT2D eigenvalue weighted by Crippen LogP contribution is -2.34. The lowest BCUT2D eigenvalue weighted by Gasteiger charge is -2.13. The van der Waals surface area contributed by atoms with E-state index in [1.54, 1.807) is 6.33 Å². The second-order valence-corrected chi connectivity index (χ2v) is 8.30. The van der Waals surface area contributed by atoms with E-state index in [2.05, 4.69) is 33.8 Å². The molecule has 0 saturated carbocycles. The van der Waals surface area contributed by atoms with Gasteiger partial charge in [-0.2, -0.15) is 0 Å². The van der Waals surface area contributed by atoms with E-state index in [9.17, 15) is 9.59 Å². The van der Waals surface area contributed by atoms with Crippen molar-refractivity contribution in [3.8, 4) is 5.69 Å². The highest BCUT2D eigenvalue weighted by molar-refractivity contribution is 7.99. The number of nitrogens with zero attached hydrogens (tertiary/aromatic N) is 3. The number of amides is 2. The first-order valence-electron chi connectivity index (χ1n) is 10.1. The van der Waals surface area contributed by atoms with Crippen molar-refractivity contribution in [2.24, 2.45) is 0 Å².